The highest BCUT2D eigenvalue weighted by atomic mass is 16.5. The minimum absolute atomic E-state index is 0.313. The molecule has 2 aromatic rings. The average Bonchev–Trinajstić information content (AvgIpc) is 2.60. The molecule has 0 spiro atoms. The van der Waals surface area contributed by atoms with Crippen LogP contribution in [0.5, 0.6) is 0 Å². The molecule has 0 fully saturated rings. The third-order valence-corrected chi connectivity index (χ3v) is 3.36. The molecular weight excluding hydrogens is 288 g/mol. The van der Waals surface area contributed by atoms with E-state index < -0.39 is 0 Å². The molecule has 118 valence electrons. The normalized spacial score (nSPS) is 12.1. The maximum absolute atomic E-state index is 11.6. The molecule has 4 nitrogen and oxygen atoms in total. The van der Waals surface area contributed by atoms with Crippen LogP contribution < -0.4 is 0 Å². The van der Waals surface area contributed by atoms with Crippen molar-refractivity contribution in [1.82, 2.24) is 0 Å². The highest BCUT2D eigenvalue weighted by Gasteiger charge is 2.06. The van der Waals surface area contributed by atoms with Crippen LogP contribution >= 0.6 is 0 Å². The first-order chi connectivity index (χ1) is 11.1. The molecule has 0 heterocycles. The van der Waals surface area contributed by atoms with Crippen LogP contribution in [0.2, 0.25) is 0 Å². The van der Waals surface area contributed by atoms with Crippen molar-refractivity contribution < 1.29 is 9.53 Å². The second-order valence-corrected chi connectivity index (χ2v) is 5.03. The van der Waals surface area contributed by atoms with E-state index in [4.69, 9.17) is 4.74 Å². The van der Waals surface area contributed by atoms with E-state index in [1.165, 1.54) is 0 Å². The molecule has 0 aliphatic heterocycles. The topological polar surface area (TPSA) is 51.0 Å². The summed E-state index contributed by atoms with van der Waals surface area (Å²) in [7, 11) is 0. The van der Waals surface area contributed by atoms with Gasteiger partial charge in [0.15, 0.2) is 0 Å². The van der Waals surface area contributed by atoms with E-state index in [1.54, 1.807) is 19.1 Å². The SMILES string of the molecule is CCOC(=O)c1ccc(C(C)=NN=C(C)c2ccccc2)cc1. The zero-order chi connectivity index (χ0) is 16.7. The van der Waals surface area contributed by atoms with Crippen LogP contribution in [0.15, 0.2) is 64.8 Å². The first-order valence-electron chi connectivity index (χ1n) is 7.53. The van der Waals surface area contributed by atoms with E-state index in [1.807, 2.05) is 56.3 Å². The van der Waals surface area contributed by atoms with Crippen LogP contribution in [0, 0.1) is 0 Å². The minimum Gasteiger partial charge on any atom is -0.462 e. The number of benzene rings is 2. The Bertz CT molecular complexity index is 717. The van der Waals surface area contributed by atoms with E-state index in [-0.39, 0.29) is 5.97 Å². The number of nitrogens with zero attached hydrogens (tertiary/aromatic N) is 2. The zero-order valence-electron chi connectivity index (χ0n) is 13.6. The number of carbonyl (C=O) groups excluding carboxylic acids is 1. The van der Waals surface area contributed by atoms with Crippen molar-refractivity contribution in [3.8, 4) is 0 Å². The second kappa shape index (κ2) is 8.03. The van der Waals surface area contributed by atoms with Crippen molar-refractivity contribution in [3.05, 3.63) is 71.3 Å². The number of hydrogen-bond donors (Lipinski definition) is 0. The lowest BCUT2D eigenvalue weighted by Crippen LogP contribution is -2.05. The average molecular weight is 308 g/mol. The van der Waals surface area contributed by atoms with Crippen molar-refractivity contribution >= 4 is 17.4 Å². The summed E-state index contributed by atoms with van der Waals surface area (Å²) < 4.78 is 4.97. The Hall–Kier alpha value is -2.75. The van der Waals surface area contributed by atoms with E-state index in [0.29, 0.717) is 12.2 Å². The highest BCUT2D eigenvalue weighted by molar-refractivity contribution is 6.02. The molecule has 0 unspecified atom stereocenters. The summed E-state index contributed by atoms with van der Waals surface area (Å²) in [4.78, 5) is 11.6. The Kier molecular flexibility index (Phi) is 5.80. The number of ether oxygens (including phenoxy) is 1. The zero-order valence-corrected chi connectivity index (χ0v) is 13.6. The number of esters is 1. The molecule has 0 aliphatic rings. The fraction of sp³-hybridized carbons (Fsp3) is 0.211. The Morgan fingerprint density at radius 3 is 1.83 bits per heavy atom. The van der Waals surface area contributed by atoms with Crippen molar-refractivity contribution in [1.29, 1.82) is 0 Å². The lowest BCUT2D eigenvalue weighted by molar-refractivity contribution is 0.0526. The minimum atomic E-state index is -0.313. The molecule has 23 heavy (non-hydrogen) atoms. The Morgan fingerprint density at radius 2 is 1.30 bits per heavy atom. The molecule has 0 saturated heterocycles. The van der Waals surface area contributed by atoms with Crippen molar-refractivity contribution in [2.45, 2.75) is 20.8 Å². The number of carbonyl (C=O) groups is 1. The summed E-state index contributed by atoms with van der Waals surface area (Å²) in [6.45, 7) is 5.97. The van der Waals surface area contributed by atoms with Gasteiger partial charge in [0, 0.05) is 0 Å². The molecule has 0 bridgehead atoms. The lowest BCUT2D eigenvalue weighted by atomic mass is 10.1. The van der Waals surface area contributed by atoms with Crippen LogP contribution in [0.1, 0.15) is 42.3 Å². The van der Waals surface area contributed by atoms with Crippen LogP contribution in [-0.4, -0.2) is 24.0 Å². The maximum Gasteiger partial charge on any atom is 0.338 e. The first-order valence-corrected chi connectivity index (χ1v) is 7.53. The molecule has 0 atom stereocenters. The van der Waals surface area contributed by atoms with Crippen LogP contribution in [0.3, 0.4) is 0 Å². The van der Waals surface area contributed by atoms with Gasteiger partial charge in [-0.25, -0.2) is 4.79 Å². The highest BCUT2D eigenvalue weighted by Crippen LogP contribution is 2.08. The predicted molar refractivity (Wildman–Crippen MR) is 93.3 cm³/mol. The molecule has 0 amide bonds. The van der Waals surface area contributed by atoms with Gasteiger partial charge in [0.2, 0.25) is 0 Å². The van der Waals surface area contributed by atoms with Gasteiger partial charge in [0.1, 0.15) is 0 Å². The Balaban J connectivity index is 2.13. The molecular formula is C19H20N2O2. The first kappa shape index (κ1) is 16.6. The smallest absolute Gasteiger partial charge is 0.338 e. The molecule has 0 aromatic heterocycles. The monoisotopic (exact) mass is 308 g/mol. The van der Waals surface area contributed by atoms with Crippen LogP contribution in [0.4, 0.5) is 0 Å². The summed E-state index contributed by atoms with van der Waals surface area (Å²) in [5.41, 5.74) is 4.14. The molecule has 4 heteroatoms. The fourth-order valence-electron chi connectivity index (χ4n) is 2.01. The van der Waals surface area contributed by atoms with Crippen LogP contribution in [-0.2, 0) is 4.74 Å². The predicted octanol–water partition coefficient (Wildman–Crippen LogP) is 4.10. The molecule has 2 rings (SSSR count). The van der Waals surface area contributed by atoms with Gasteiger partial charge in [0.05, 0.1) is 23.6 Å². The van der Waals surface area contributed by atoms with E-state index in [0.717, 1.165) is 22.6 Å². The molecule has 0 N–H and O–H groups in total. The van der Waals surface area contributed by atoms with Crippen molar-refractivity contribution in [3.63, 3.8) is 0 Å². The third kappa shape index (κ3) is 4.61. The quantitative estimate of drug-likeness (QED) is 0.474. The van der Waals surface area contributed by atoms with Gasteiger partial charge in [-0.1, -0.05) is 42.5 Å². The van der Waals surface area contributed by atoms with E-state index in [2.05, 4.69) is 10.2 Å². The van der Waals surface area contributed by atoms with Gasteiger partial charge in [-0.3, -0.25) is 0 Å². The number of hydrogen-bond acceptors (Lipinski definition) is 4. The van der Waals surface area contributed by atoms with Gasteiger partial charge in [-0.15, -0.1) is 0 Å². The molecule has 0 aliphatic carbocycles. The van der Waals surface area contributed by atoms with E-state index in [9.17, 15) is 4.79 Å². The van der Waals surface area contributed by atoms with Gasteiger partial charge in [-0.2, -0.15) is 10.2 Å². The van der Waals surface area contributed by atoms with Gasteiger partial charge in [0.25, 0.3) is 0 Å². The summed E-state index contributed by atoms with van der Waals surface area (Å²) in [6.07, 6.45) is 0. The maximum atomic E-state index is 11.6. The third-order valence-electron chi connectivity index (χ3n) is 3.36. The summed E-state index contributed by atoms with van der Waals surface area (Å²) in [5.74, 6) is -0.313. The van der Waals surface area contributed by atoms with Crippen LogP contribution in [0.25, 0.3) is 0 Å². The molecule has 2 aromatic carbocycles. The summed E-state index contributed by atoms with van der Waals surface area (Å²) in [5, 5.41) is 8.54. The van der Waals surface area contributed by atoms with Gasteiger partial charge in [-0.05, 0) is 44.0 Å². The standard InChI is InChI=1S/C19H20N2O2/c1-4-23-19(22)18-12-10-17(11-13-18)15(3)21-20-14(2)16-8-6-5-7-9-16/h5-13H,4H2,1-3H3. The second-order valence-electron chi connectivity index (χ2n) is 5.03. The van der Waals surface area contributed by atoms with E-state index >= 15 is 0 Å². The Morgan fingerprint density at radius 1 is 0.826 bits per heavy atom. The largest absolute Gasteiger partial charge is 0.462 e. The molecule has 0 radical (unpaired) electrons. The van der Waals surface area contributed by atoms with Crippen molar-refractivity contribution in [2.75, 3.05) is 6.61 Å². The summed E-state index contributed by atoms with van der Waals surface area (Å²) in [6, 6.07) is 17.1. The fourth-order valence-corrected chi connectivity index (χ4v) is 2.01. The number of rotatable bonds is 5. The Labute approximate surface area is 136 Å². The summed E-state index contributed by atoms with van der Waals surface area (Å²) >= 11 is 0. The van der Waals surface area contributed by atoms with Crippen molar-refractivity contribution in [2.24, 2.45) is 10.2 Å². The van der Waals surface area contributed by atoms with Gasteiger partial charge < -0.3 is 4.74 Å². The van der Waals surface area contributed by atoms with Gasteiger partial charge >= 0.3 is 5.97 Å². The molecule has 0 saturated carbocycles. The lowest BCUT2D eigenvalue weighted by Gasteiger charge is -2.03.